The highest BCUT2D eigenvalue weighted by atomic mass is 16.7. The summed E-state index contributed by atoms with van der Waals surface area (Å²) >= 11 is 0. The predicted octanol–water partition coefficient (Wildman–Crippen LogP) is 22.7. The van der Waals surface area contributed by atoms with Gasteiger partial charge in [-0.05, 0) is 236 Å². The molecule has 0 saturated carbocycles. The molecule has 0 radical (unpaired) electrons. The van der Waals surface area contributed by atoms with Crippen molar-refractivity contribution in [2.75, 3.05) is 9.80 Å². The first-order valence-corrected chi connectivity index (χ1v) is 35.8. The van der Waals surface area contributed by atoms with Crippen molar-refractivity contribution in [2.45, 2.75) is 96.1 Å². The summed E-state index contributed by atoms with van der Waals surface area (Å²) in [4.78, 5) is 4.83. The first kappa shape index (κ1) is 64.6. The summed E-state index contributed by atoms with van der Waals surface area (Å²) in [5.74, 6) is 0. The van der Waals surface area contributed by atoms with Crippen LogP contribution >= 0.6 is 0 Å². The molecule has 498 valence electrons. The van der Waals surface area contributed by atoms with Crippen LogP contribution < -0.4 is 20.7 Å². The van der Waals surface area contributed by atoms with E-state index in [0.29, 0.717) is 6.42 Å². The molecule has 2 atom stereocenters. The van der Waals surface area contributed by atoms with Gasteiger partial charge in [0.1, 0.15) is 0 Å². The molecule has 0 bridgehead atoms. The monoisotopic (exact) mass is 1330 g/mol. The van der Waals surface area contributed by atoms with Crippen molar-refractivity contribution in [1.82, 2.24) is 4.57 Å². The number of para-hydroxylation sites is 2. The predicted molar refractivity (Wildman–Crippen MR) is 425 cm³/mol. The zero-order chi connectivity index (χ0) is 69.5. The molecule has 0 spiro atoms. The molecule has 14 aromatic rings. The molecule has 102 heavy (non-hydrogen) atoms. The number of benzene rings is 13. The zero-order valence-electron chi connectivity index (χ0n) is 59.1. The largest absolute Gasteiger partial charge is 0.494 e. The summed E-state index contributed by atoms with van der Waals surface area (Å²) in [7, 11) is -1.28. The van der Waals surface area contributed by atoms with Crippen molar-refractivity contribution >= 4 is 81.1 Å². The lowest BCUT2D eigenvalue weighted by Gasteiger charge is -2.39. The lowest BCUT2D eigenvalue weighted by molar-refractivity contribution is -0.0194. The Morgan fingerprint density at radius 1 is 0.284 bits per heavy atom. The van der Waals surface area contributed by atoms with E-state index in [4.69, 9.17) is 18.6 Å². The number of fused-ring (bicyclic) bond motifs is 6. The van der Waals surface area contributed by atoms with Crippen molar-refractivity contribution in [1.29, 1.82) is 0 Å². The van der Waals surface area contributed by atoms with Crippen LogP contribution in [0.25, 0.3) is 83.1 Å². The fourth-order valence-corrected chi connectivity index (χ4v) is 15.8. The number of rotatable bonds is 16. The summed E-state index contributed by atoms with van der Waals surface area (Å²) in [5, 5.41) is 2.36. The Bertz CT molecular complexity index is 5420. The van der Waals surface area contributed by atoms with E-state index in [2.05, 4.69) is 391 Å². The van der Waals surface area contributed by atoms with Gasteiger partial charge in [-0.25, -0.2) is 0 Å². The van der Waals surface area contributed by atoms with Gasteiger partial charge < -0.3 is 33.0 Å². The fourth-order valence-electron chi connectivity index (χ4n) is 15.8. The smallest absolute Gasteiger partial charge is 0.399 e. The molecule has 2 fully saturated rings. The number of nitrogens with zero attached hydrogens (tertiary/aromatic N) is 3. The second-order valence-corrected chi connectivity index (χ2v) is 29.7. The van der Waals surface area contributed by atoms with Gasteiger partial charge in [-0.2, -0.15) is 0 Å². The first-order valence-electron chi connectivity index (χ1n) is 35.8. The van der Waals surface area contributed by atoms with E-state index < -0.39 is 42.1 Å². The average Bonchev–Trinajstić information content (AvgIpc) is 1.56. The standard InChI is InChI=1S/C93H81B2N3O4/c1-89(2)90(3,4)100-94(99-89)72-56-70(66-32-18-11-19-33-66)59-80(60-72)97(76-48-44-69(45-49-76)65-30-16-10-17-31-65)78-50-52-82-81-38-24-26-40-85(81)92(7,86(82)63-78)54-55-93(8)91(5,6)101-95(102-93)73-57-71(67-34-20-12-21-35-67)58-79(61-73)96(75-46-42-68(43-47-75)64-28-14-9-15-29-64)77-51-53-88-84(62-77)83-39-25-27-41-87(83)98(88)74-36-22-13-23-37-74/h9-53,56-63H,54-55H2,1-8H3. The third-order valence-electron chi connectivity index (χ3n) is 22.6. The number of hydrogen-bond donors (Lipinski definition) is 0. The Morgan fingerprint density at radius 2 is 0.686 bits per heavy atom. The molecule has 1 aromatic heterocycles. The maximum atomic E-state index is 7.66. The molecule has 1 aliphatic carbocycles. The molecule has 2 unspecified atom stereocenters. The number of hydrogen-bond acceptors (Lipinski definition) is 6. The normalized spacial score (nSPS) is 17.8. The van der Waals surface area contributed by atoms with E-state index in [1.165, 1.54) is 44.2 Å². The lowest BCUT2D eigenvalue weighted by Crippen LogP contribution is -2.45. The Labute approximate surface area is 600 Å². The van der Waals surface area contributed by atoms with Crippen molar-refractivity contribution < 1.29 is 18.6 Å². The number of anilines is 6. The second-order valence-electron chi connectivity index (χ2n) is 29.7. The van der Waals surface area contributed by atoms with E-state index in [1.807, 2.05) is 0 Å². The zero-order valence-corrected chi connectivity index (χ0v) is 59.1. The molecule has 17 rings (SSSR count). The molecule has 7 nitrogen and oxygen atoms in total. The molecule has 0 amide bonds. The minimum Gasteiger partial charge on any atom is -0.399 e. The minimum absolute atomic E-state index is 0.434. The molecule has 2 saturated heterocycles. The van der Waals surface area contributed by atoms with Gasteiger partial charge in [0.05, 0.1) is 33.4 Å². The van der Waals surface area contributed by atoms with Gasteiger partial charge in [0, 0.05) is 56.0 Å². The molecule has 9 heteroatoms. The Morgan fingerprint density at radius 3 is 1.23 bits per heavy atom. The summed E-state index contributed by atoms with van der Waals surface area (Å²) in [5.41, 5.74) is 22.6. The summed E-state index contributed by atoms with van der Waals surface area (Å²) in [6.07, 6.45) is 1.48. The van der Waals surface area contributed by atoms with Gasteiger partial charge in [-0.1, -0.05) is 231 Å². The quantitative estimate of drug-likeness (QED) is 0.0899. The highest BCUT2D eigenvalue weighted by Gasteiger charge is 2.56. The second kappa shape index (κ2) is 25.4. The van der Waals surface area contributed by atoms with Crippen LogP contribution in [0.2, 0.25) is 0 Å². The van der Waals surface area contributed by atoms with Crippen molar-refractivity contribution in [3.8, 4) is 61.3 Å². The van der Waals surface area contributed by atoms with E-state index in [9.17, 15) is 0 Å². The van der Waals surface area contributed by atoms with Crippen LogP contribution in [0.15, 0.2) is 322 Å². The molecular weight excluding hydrogens is 1240 g/mol. The van der Waals surface area contributed by atoms with Crippen molar-refractivity contribution in [3.63, 3.8) is 0 Å². The maximum absolute atomic E-state index is 7.66. The van der Waals surface area contributed by atoms with Crippen LogP contribution in [0.1, 0.15) is 79.4 Å². The van der Waals surface area contributed by atoms with E-state index in [-0.39, 0.29) is 0 Å². The Balaban J connectivity index is 0.755. The van der Waals surface area contributed by atoms with Crippen LogP contribution in [0.5, 0.6) is 0 Å². The van der Waals surface area contributed by atoms with Crippen LogP contribution in [0.3, 0.4) is 0 Å². The highest BCUT2D eigenvalue weighted by Crippen LogP contribution is 2.55. The minimum atomic E-state index is -0.738. The molecule has 2 aliphatic heterocycles. The van der Waals surface area contributed by atoms with Gasteiger partial charge in [-0.15, -0.1) is 0 Å². The summed E-state index contributed by atoms with van der Waals surface area (Å²) in [6, 6.07) is 117. The van der Waals surface area contributed by atoms with Crippen LogP contribution in [-0.2, 0) is 24.0 Å². The topological polar surface area (TPSA) is 48.3 Å². The molecular formula is C93H81B2N3O4. The van der Waals surface area contributed by atoms with Crippen LogP contribution in [0.4, 0.5) is 34.1 Å². The van der Waals surface area contributed by atoms with Crippen LogP contribution in [0, 0.1) is 0 Å². The van der Waals surface area contributed by atoms with Gasteiger partial charge in [0.2, 0.25) is 0 Å². The maximum Gasteiger partial charge on any atom is 0.494 e. The van der Waals surface area contributed by atoms with Crippen molar-refractivity contribution in [2.24, 2.45) is 0 Å². The van der Waals surface area contributed by atoms with E-state index in [1.54, 1.807) is 0 Å². The molecule has 3 aliphatic rings. The number of aromatic nitrogens is 1. The summed E-state index contributed by atoms with van der Waals surface area (Å²) in [6.45, 7) is 17.6. The Kier molecular flexibility index (Phi) is 16.1. The van der Waals surface area contributed by atoms with Gasteiger partial charge in [0.25, 0.3) is 0 Å². The average molecular weight is 1330 g/mol. The molecule has 0 N–H and O–H groups in total. The van der Waals surface area contributed by atoms with Crippen molar-refractivity contribution in [3.05, 3.63) is 333 Å². The summed E-state index contributed by atoms with van der Waals surface area (Å²) < 4.78 is 31.2. The van der Waals surface area contributed by atoms with Crippen LogP contribution in [-0.4, -0.2) is 41.2 Å². The third kappa shape index (κ3) is 11.5. The highest BCUT2D eigenvalue weighted by molar-refractivity contribution is 6.63. The van der Waals surface area contributed by atoms with E-state index >= 15 is 0 Å². The third-order valence-corrected chi connectivity index (χ3v) is 22.6. The fraction of sp³-hybridized carbons (Fsp3) is 0.161. The van der Waals surface area contributed by atoms with Gasteiger partial charge in [0.15, 0.2) is 0 Å². The SMILES string of the molecule is CC1(CCC2(C)OB(c3cc(-c4ccccc4)cc(N(c4ccc(-c5ccccc5)cc4)c4ccc5c(c4)c4ccccc4n5-c4ccccc4)c3)OC2(C)C)c2ccccc2-c2ccc(N(c3ccc(-c4ccccc4)cc3)c3cc(B4OC(C)(C)C(C)(C)O4)cc(-c4ccccc4)c3)cc21. The van der Waals surface area contributed by atoms with Gasteiger partial charge >= 0.3 is 14.2 Å². The first-order chi connectivity index (χ1) is 49.5. The molecule has 3 heterocycles. The Hall–Kier alpha value is -10.8. The van der Waals surface area contributed by atoms with E-state index in [0.717, 1.165) is 102 Å². The lowest BCUT2D eigenvalue weighted by atomic mass is 9.72. The molecule has 13 aromatic carbocycles. The van der Waals surface area contributed by atoms with Gasteiger partial charge in [-0.3, -0.25) is 0 Å².